The van der Waals surface area contributed by atoms with E-state index < -0.39 is 5.79 Å². The zero-order valence-corrected chi connectivity index (χ0v) is 15.0. The van der Waals surface area contributed by atoms with Gasteiger partial charge in [0.2, 0.25) is 0 Å². The van der Waals surface area contributed by atoms with E-state index in [2.05, 4.69) is 13.8 Å². The van der Waals surface area contributed by atoms with Crippen LogP contribution in [-0.2, 0) is 24.8 Å². The Hall–Kier alpha value is -1.39. The number of ether oxygens (including phenoxy) is 3. The van der Waals surface area contributed by atoms with Crippen molar-refractivity contribution < 1.29 is 19.0 Å². The van der Waals surface area contributed by atoms with Crippen LogP contribution < -0.4 is 0 Å². The summed E-state index contributed by atoms with van der Waals surface area (Å²) < 4.78 is 17.5. The fourth-order valence-electron chi connectivity index (χ4n) is 3.30. The fourth-order valence-corrected chi connectivity index (χ4v) is 3.30. The van der Waals surface area contributed by atoms with Gasteiger partial charge in [-0.05, 0) is 19.3 Å². The summed E-state index contributed by atoms with van der Waals surface area (Å²) in [6, 6.07) is 10.1. The Labute approximate surface area is 145 Å². The topological polar surface area (TPSA) is 44.8 Å². The van der Waals surface area contributed by atoms with Crippen LogP contribution in [0.25, 0.3) is 0 Å². The zero-order valence-electron chi connectivity index (χ0n) is 15.0. The summed E-state index contributed by atoms with van der Waals surface area (Å²) in [5, 5.41) is 0. The Kier molecular flexibility index (Phi) is 7.73. The lowest BCUT2D eigenvalue weighted by Gasteiger charge is -2.36. The van der Waals surface area contributed by atoms with Crippen LogP contribution >= 0.6 is 0 Å². The molecule has 0 bridgehead atoms. The van der Waals surface area contributed by atoms with Crippen molar-refractivity contribution in [1.82, 2.24) is 0 Å². The van der Waals surface area contributed by atoms with Crippen molar-refractivity contribution in [3.63, 3.8) is 0 Å². The van der Waals surface area contributed by atoms with E-state index >= 15 is 0 Å². The van der Waals surface area contributed by atoms with Gasteiger partial charge < -0.3 is 14.2 Å². The van der Waals surface area contributed by atoms with Gasteiger partial charge >= 0.3 is 5.97 Å². The second-order valence-electron chi connectivity index (χ2n) is 6.33. The van der Waals surface area contributed by atoms with Crippen LogP contribution in [0.5, 0.6) is 0 Å². The van der Waals surface area contributed by atoms with Crippen LogP contribution in [0.4, 0.5) is 0 Å². The molecule has 1 fully saturated rings. The quantitative estimate of drug-likeness (QED) is 0.469. The number of esters is 1. The highest BCUT2D eigenvalue weighted by atomic mass is 16.7. The van der Waals surface area contributed by atoms with Crippen molar-refractivity contribution in [2.45, 2.75) is 58.2 Å². The van der Waals surface area contributed by atoms with Gasteiger partial charge in [0.25, 0.3) is 0 Å². The molecule has 1 saturated heterocycles. The molecule has 0 aliphatic carbocycles. The highest BCUT2D eigenvalue weighted by Crippen LogP contribution is 2.43. The molecule has 1 aliphatic heterocycles. The summed E-state index contributed by atoms with van der Waals surface area (Å²) in [6.45, 7) is 5.94. The minimum absolute atomic E-state index is 0.120. The Balaban J connectivity index is 2.05. The average molecular weight is 334 g/mol. The van der Waals surface area contributed by atoms with Gasteiger partial charge in [-0.1, -0.05) is 57.0 Å². The van der Waals surface area contributed by atoms with Crippen LogP contribution in [0.1, 0.15) is 57.9 Å². The van der Waals surface area contributed by atoms with E-state index in [4.69, 9.17) is 14.2 Å². The lowest BCUT2D eigenvalue weighted by Crippen LogP contribution is -2.37. The molecular weight excluding hydrogens is 304 g/mol. The number of hydrogen-bond donors (Lipinski definition) is 0. The highest BCUT2D eigenvalue weighted by molar-refractivity contribution is 5.69. The maximum absolute atomic E-state index is 12.0. The first-order chi connectivity index (χ1) is 11.7. The molecule has 134 valence electrons. The van der Waals surface area contributed by atoms with Gasteiger partial charge in [0.15, 0.2) is 5.79 Å². The smallest absolute Gasteiger partial charge is 0.305 e. The molecule has 1 aromatic carbocycles. The second-order valence-corrected chi connectivity index (χ2v) is 6.33. The Morgan fingerprint density at radius 3 is 2.46 bits per heavy atom. The van der Waals surface area contributed by atoms with Crippen LogP contribution in [-0.4, -0.2) is 25.8 Å². The SMILES string of the molecule is CCCCOC(=O)CCC(CCC)C1(c2ccccc2)OCCO1. The van der Waals surface area contributed by atoms with Crippen LogP contribution in [0.15, 0.2) is 30.3 Å². The molecule has 4 nitrogen and oxygen atoms in total. The van der Waals surface area contributed by atoms with Gasteiger partial charge in [0.1, 0.15) is 0 Å². The lowest BCUT2D eigenvalue weighted by atomic mass is 9.84. The van der Waals surface area contributed by atoms with Crippen LogP contribution in [0.2, 0.25) is 0 Å². The molecule has 0 amide bonds. The number of unbranched alkanes of at least 4 members (excludes halogenated alkanes) is 1. The normalized spacial score (nSPS) is 17.6. The maximum Gasteiger partial charge on any atom is 0.305 e. The number of hydrogen-bond acceptors (Lipinski definition) is 4. The van der Waals surface area contributed by atoms with Gasteiger partial charge in [0, 0.05) is 17.9 Å². The van der Waals surface area contributed by atoms with Crippen molar-refractivity contribution in [3.8, 4) is 0 Å². The monoisotopic (exact) mass is 334 g/mol. The highest BCUT2D eigenvalue weighted by Gasteiger charge is 2.45. The van der Waals surface area contributed by atoms with Crippen molar-refractivity contribution in [1.29, 1.82) is 0 Å². The van der Waals surface area contributed by atoms with Gasteiger partial charge in [-0.3, -0.25) is 4.79 Å². The number of benzene rings is 1. The average Bonchev–Trinajstić information content (AvgIpc) is 3.10. The predicted octanol–water partition coefficient (Wildman–Crippen LogP) is 4.43. The first kappa shape index (κ1) is 18.9. The van der Waals surface area contributed by atoms with Gasteiger partial charge in [-0.15, -0.1) is 0 Å². The van der Waals surface area contributed by atoms with Crippen molar-refractivity contribution >= 4 is 5.97 Å². The van der Waals surface area contributed by atoms with Crippen molar-refractivity contribution in [2.24, 2.45) is 5.92 Å². The first-order valence-electron chi connectivity index (χ1n) is 9.22. The maximum atomic E-state index is 12.0. The molecule has 0 saturated carbocycles. The second kappa shape index (κ2) is 9.80. The Bertz CT molecular complexity index is 480. The van der Waals surface area contributed by atoms with E-state index in [1.54, 1.807) is 0 Å². The largest absolute Gasteiger partial charge is 0.466 e. The van der Waals surface area contributed by atoms with Crippen molar-refractivity contribution in [2.75, 3.05) is 19.8 Å². The van der Waals surface area contributed by atoms with Gasteiger partial charge in [-0.25, -0.2) is 0 Å². The van der Waals surface area contributed by atoms with Gasteiger partial charge in [0.05, 0.1) is 19.8 Å². The Morgan fingerprint density at radius 2 is 1.83 bits per heavy atom. The summed E-state index contributed by atoms with van der Waals surface area (Å²) in [6.07, 6.45) is 5.06. The minimum atomic E-state index is -0.721. The number of carbonyl (C=O) groups is 1. The molecule has 0 N–H and O–H groups in total. The third-order valence-corrected chi connectivity index (χ3v) is 4.52. The lowest BCUT2D eigenvalue weighted by molar-refractivity contribution is -0.209. The summed E-state index contributed by atoms with van der Waals surface area (Å²) >= 11 is 0. The van der Waals surface area contributed by atoms with E-state index in [-0.39, 0.29) is 11.9 Å². The van der Waals surface area contributed by atoms with E-state index in [0.29, 0.717) is 32.7 Å². The van der Waals surface area contributed by atoms with E-state index in [0.717, 1.165) is 31.2 Å². The standard InChI is InChI=1S/C20H30O4/c1-3-5-14-22-19(21)13-12-17(9-4-2)20(23-15-16-24-20)18-10-7-6-8-11-18/h6-8,10-11,17H,3-5,9,12-16H2,1-2H3. The first-order valence-corrected chi connectivity index (χ1v) is 9.22. The summed E-state index contributed by atoms with van der Waals surface area (Å²) in [5.74, 6) is -0.696. The molecule has 4 heteroatoms. The summed E-state index contributed by atoms with van der Waals surface area (Å²) in [4.78, 5) is 12.0. The molecule has 0 radical (unpaired) electrons. The molecule has 24 heavy (non-hydrogen) atoms. The molecule has 2 rings (SSSR count). The Morgan fingerprint density at radius 1 is 1.12 bits per heavy atom. The molecule has 1 unspecified atom stereocenters. The zero-order chi connectivity index (χ0) is 17.3. The minimum Gasteiger partial charge on any atom is -0.466 e. The van der Waals surface area contributed by atoms with Crippen LogP contribution in [0, 0.1) is 5.92 Å². The molecule has 1 aliphatic rings. The third kappa shape index (κ3) is 4.81. The summed E-state index contributed by atoms with van der Waals surface area (Å²) in [5.41, 5.74) is 1.04. The van der Waals surface area contributed by atoms with Crippen LogP contribution in [0.3, 0.4) is 0 Å². The third-order valence-electron chi connectivity index (χ3n) is 4.52. The van der Waals surface area contributed by atoms with E-state index in [1.165, 1.54) is 0 Å². The molecule has 0 aromatic heterocycles. The molecule has 0 spiro atoms. The molecule has 1 heterocycles. The fraction of sp³-hybridized carbons (Fsp3) is 0.650. The molecule has 1 atom stereocenters. The molecular formula is C20H30O4. The predicted molar refractivity (Wildman–Crippen MR) is 93.5 cm³/mol. The van der Waals surface area contributed by atoms with E-state index in [9.17, 15) is 4.79 Å². The van der Waals surface area contributed by atoms with Crippen molar-refractivity contribution in [3.05, 3.63) is 35.9 Å². The number of carbonyl (C=O) groups excluding carboxylic acids is 1. The van der Waals surface area contributed by atoms with E-state index in [1.807, 2.05) is 30.3 Å². The summed E-state index contributed by atoms with van der Waals surface area (Å²) in [7, 11) is 0. The van der Waals surface area contributed by atoms with Gasteiger partial charge in [-0.2, -0.15) is 0 Å². The number of rotatable bonds is 10. The molecule has 1 aromatic rings.